The van der Waals surface area contributed by atoms with Crippen LogP contribution in [0.2, 0.25) is 0 Å². The van der Waals surface area contributed by atoms with Crippen molar-refractivity contribution in [2.45, 2.75) is 45.9 Å². The van der Waals surface area contributed by atoms with Crippen molar-refractivity contribution in [2.75, 3.05) is 28.6 Å². The molecule has 11 nitrogen and oxygen atoms in total. The van der Waals surface area contributed by atoms with Gasteiger partial charge in [-0.2, -0.15) is 20.1 Å². The van der Waals surface area contributed by atoms with Crippen LogP contribution in [0.15, 0.2) is 18.5 Å². The molecule has 0 aromatic carbocycles. The van der Waals surface area contributed by atoms with E-state index in [4.69, 9.17) is 4.74 Å². The molecular formula is C19H25FN10O. The number of aromatic amines is 1. The molecule has 0 bridgehead atoms. The summed E-state index contributed by atoms with van der Waals surface area (Å²) < 4.78 is 19.0. The van der Waals surface area contributed by atoms with E-state index in [2.05, 4.69) is 50.7 Å². The number of rotatable bonds is 6. The van der Waals surface area contributed by atoms with E-state index < -0.39 is 5.82 Å². The van der Waals surface area contributed by atoms with Gasteiger partial charge in [0.1, 0.15) is 5.82 Å². The van der Waals surface area contributed by atoms with Gasteiger partial charge in [0.25, 0.3) is 0 Å². The topological polar surface area (TPSA) is 130 Å². The molecule has 3 N–H and O–H groups in total. The lowest BCUT2D eigenvalue weighted by Gasteiger charge is -2.35. The first kappa shape index (κ1) is 20.8. The van der Waals surface area contributed by atoms with E-state index in [1.807, 2.05) is 33.8 Å². The van der Waals surface area contributed by atoms with E-state index in [9.17, 15) is 4.39 Å². The fourth-order valence-corrected chi connectivity index (χ4v) is 3.37. The summed E-state index contributed by atoms with van der Waals surface area (Å²) in [4.78, 5) is 23.8. The van der Waals surface area contributed by atoms with E-state index in [1.165, 1.54) is 0 Å². The third-order valence-electron chi connectivity index (χ3n) is 4.65. The van der Waals surface area contributed by atoms with E-state index in [-0.39, 0.29) is 18.2 Å². The molecule has 31 heavy (non-hydrogen) atoms. The predicted octanol–water partition coefficient (Wildman–Crippen LogP) is 2.36. The summed E-state index contributed by atoms with van der Waals surface area (Å²) in [5, 5.41) is 13.3. The third-order valence-corrected chi connectivity index (χ3v) is 4.65. The maximum Gasteiger partial charge on any atom is 0.235 e. The number of morpholine rings is 1. The van der Waals surface area contributed by atoms with Crippen LogP contribution in [0.1, 0.15) is 38.3 Å². The summed E-state index contributed by atoms with van der Waals surface area (Å²) in [6.45, 7) is 9.10. The SMILES string of the molecule is Cc1cc(Nc2nc(N[C@@H](C)c3ncc(F)cn3)nc(N3C[C@@H](C)O[C@@H](C)C3)n2)n[nH]1. The van der Waals surface area contributed by atoms with Crippen molar-refractivity contribution < 1.29 is 9.13 Å². The second-order valence-corrected chi connectivity index (χ2v) is 7.63. The van der Waals surface area contributed by atoms with Crippen molar-refractivity contribution in [1.82, 2.24) is 35.1 Å². The van der Waals surface area contributed by atoms with Gasteiger partial charge in [0.15, 0.2) is 11.6 Å². The lowest BCUT2D eigenvalue weighted by molar-refractivity contribution is -0.00571. The fraction of sp³-hybridized carbons (Fsp3) is 0.474. The van der Waals surface area contributed by atoms with Gasteiger partial charge in [-0.15, -0.1) is 0 Å². The summed E-state index contributed by atoms with van der Waals surface area (Å²) in [5.41, 5.74) is 0.910. The first-order chi connectivity index (χ1) is 14.9. The highest BCUT2D eigenvalue weighted by Crippen LogP contribution is 2.22. The molecule has 4 heterocycles. The van der Waals surface area contributed by atoms with Crippen molar-refractivity contribution in [1.29, 1.82) is 0 Å². The molecule has 0 amide bonds. The van der Waals surface area contributed by atoms with E-state index in [0.29, 0.717) is 42.6 Å². The Morgan fingerprint density at radius 3 is 2.45 bits per heavy atom. The molecular weight excluding hydrogens is 403 g/mol. The highest BCUT2D eigenvalue weighted by Gasteiger charge is 2.25. The first-order valence-corrected chi connectivity index (χ1v) is 10.0. The van der Waals surface area contributed by atoms with Crippen LogP contribution in [0.3, 0.4) is 0 Å². The molecule has 1 aliphatic rings. The van der Waals surface area contributed by atoms with Gasteiger partial charge < -0.3 is 20.3 Å². The number of hydrogen-bond donors (Lipinski definition) is 3. The van der Waals surface area contributed by atoms with Crippen LogP contribution in [0.5, 0.6) is 0 Å². The van der Waals surface area contributed by atoms with Crippen LogP contribution in [0, 0.1) is 12.7 Å². The van der Waals surface area contributed by atoms with Crippen molar-refractivity contribution >= 4 is 23.7 Å². The van der Waals surface area contributed by atoms with E-state index >= 15 is 0 Å². The molecule has 1 aliphatic heterocycles. The van der Waals surface area contributed by atoms with Gasteiger partial charge in [-0.1, -0.05) is 0 Å². The highest BCUT2D eigenvalue weighted by molar-refractivity contribution is 5.52. The molecule has 3 atom stereocenters. The Labute approximate surface area is 178 Å². The van der Waals surface area contributed by atoms with Crippen molar-refractivity contribution in [2.24, 2.45) is 0 Å². The second-order valence-electron chi connectivity index (χ2n) is 7.63. The Balaban J connectivity index is 1.62. The normalized spacial score (nSPS) is 19.8. The zero-order chi connectivity index (χ0) is 22.0. The summed E-state index contributed by atoms with van der Waals surface area (Å²) in [6, 6.07) is 1.50. The minimum Gasteiger partial charge on any atom is -0.372 e. The molecule has 4 rings (SSSR count). The minimum atomic E-state index is -0.491. The van der Waals surface area contributed by atoms with E-state index in [0.717, 1.165) is 18.1 Å². The Morgan fingerprint density at radius 1 is 1.13 bits per heavy atom. The van der Waals surface area contributed by atoms with Gasteiger partial charge in [-0.3, -0.25) is 5.10 Å². The minimum absolute atomic E-state index is 0.0499. The summed E-state index contributed by atoms with van der Waals surface area (Å²) in [7, 11) is 0. The number of halogens is 1. The number of hydrogen-bond acceptors (Lipinski definition) is 10. The number of ether oxygens (including phenoxy) is 1. The van der Waals surface area contributed by atoms with Crippen LogP contribution in [0.4, 0.5) is 28.1 Å². The predicted molar refractivity (Wildman–Crippen MR) is 113 cm³/mol. The Kier molecular flexibility index (Phi) is 5.89. The average molecular weight is 428 g/mol. The largest absolute Gasteiger partial charge is 0.372 e. The van der Waals surface area contributed by atoms with Crippen LogP contribution in [-0.4, -0.2) is 60.4 Å². The van der Waals surface area contributed by atoms with Gasteiger partial charge >= 0.3 is 0 Å². The molecule has 1 saturated heterocycles. The van der Waals surface area contributed by atoms with Gasteiger partial charge in [-0.25, -0.2) is 14.4 Å². The Hall–Kier alpha value is -3.41. The number of nitrogens with one attached hydrogen (secondary N) is 3. The molecule has 1 fully saturated rings. The number of aromatic nitrogens is 7. The van der Waals surface area contributed by atoms with Gasteiger partial charge in [0, 0.05) is 24.8 Å². The van der Waals surface area contributed by atoms with E-state index in [1.54, 1.807) is 0 Å². The summed E-state index contributed by atoms with van der Waals surface area (Å²) in [5.74, 6) is 1.73. The van der Waals surface area contributed by atoms with Gasteiger partial charge in [-0.05, 0) is 27.7 Å². The number of anilines is 4. The molecule has 0 aliphatic carbocycles. The number of H-pyrrole nitrogens is 1. The highest BCUT2D eigenvalue weighted by atomic mass is 19.1. The zero-order valence-corrected chi connectivity index (χ0v) is 17.8. The lowest BCUT2D eigenvalue weighted by Crippen LogP contribution is -2.46. The quantitative estimate of drug-likeness (QED) is 0.538. The molecule has 3 aromatic rings. The first-order valence-electron chi connectivity index (χ1n) is 10.0. The smallest absolute Gasteiger partial charge is 0.235 e. The Bertz CT molecular complexity index is 1020. The molecule has 0 spiro atoms. The second kappa shape index (κ2) is 8.76. The zero-order valence-electron chi connectivity index (χ0n) is 17.8. The van der Waals surface area contributed by atoms with Crippen molar-refractivity contribution in [3.8, 4) is 0 Å². The van der Waals surface area contributed by atoms with Crippen molar-refractivity contribution in [3.63, 3.8) is 0 Å². The van der Waals surface area contributed by atoms with Crippen molar-refractivity contribution in [3.05, 3.63) is 35.8 Å². The summed E-state index contributed by atoms with van der Waals surface area (Å²) in [6.07, 6.45) is 2.36. The van der Waals surface area contributed by atoms with Crippen LogP contribution in [0.25, 0.3) is 0 Å². The molecule has 12 heteroatoms. The third kappa shape index (κ3) is 5.20. The van der Waals surface area contributed by atoms with Crippen LogP contribution >= 0.6 is 0 Å². The Morgan fingerprint density at radius 2 is 1.81 bits per heavy atom. The molecule has 3 aromatic heterocycles. The average Bonchev–Trinajstić information content (AvgIpc) is 3.12. The summed E-state index contributed by atoms with van der Waals surface area (Å²) >= 11 is 0. The van der Waals surface area contributed by atoms with Crippen LogP contribution < -0.4 is 15.5 Å². The fourth-order valence-electron chi connectivity index (χ4n) is 3.37. The number of nitrogens with zero attached hydrogens (tertiary/aromatic N) is 7. The van der Waals surface area contributed by atoms with Crippen LogP contribution in [-0.2, 0) is 4.74 Å². The lowest BCUT2D eigenvalue weighted by atomic mass is 10.2. The molecule has 0 unspecified atom stereocenters. The maximum atomic E-state index is 13.1. The molecule has 164 valence electrons. The van der Waals surface area contributed by atoms with Gasteiger partial charge in [0.05, 0.1) is 30.6 Å². The molecule has 0 saturated carbocycles. The van der Waals surface area contributed by atoms with Gasteiger partial charge in [0.2, 0.25) is 17.8 Å². The number of aryl methyl sites for hydroxylation is 1. The maximum absolute atomic E-state index is 13.1. The standard InChI is InChI=1S/C19H25FN10O/c1-10-5-15(29-28-10)24-18-25-17(23-13(4)16-21-6-14(20)7-22-16)26-19(27-18)30-8-11(2)31-12(3)9-30/h5-7,11-13H,8-9H2,1-4H3,(H3,23,24,25,26,27,28,29)/t11-,12+,13-/m0/s1. The molecule has 0 radical (unpaired) electrons. The monoisotopic (exact) mass is 428 g/mol.